The Balaban J connectivity index is 1.72. The van der Waals surface area contributed by atoms with E-state index in [2.05, 4.69) is 9.88 Å². The maximum Gasteiger partial charge on any atom is 0.306 e. The first-order valence-corrected chi connectivity index (χ1v) is 13.0. The van der Waals surface area contributed by atoms with Crippen LogP contribution < -0.4 is 9.47 Å². The van der Waals surface area contributed by atoms with Gasteiger partial charge in [0.05, 0.1) is 19.2 Å². The predicted octanol–water partition coefficient (Wildman–Crippen LogP) is 6.21. The van der Waals surface area contributed by atoms with Gasteiger partial charge in [-0.05, 0) is 55.1 Å². The van der Waals surface area contributed by atoms with Gasteiger partial charge in [0.2, 0.25) is 5.88 Å². The summed E-state index contributed by atoms with van der Waals surface area (Å²) < 4.78 is 42.7. The van der Waals surface area contributed by atoms with Gasteiger partial charge in [-0.15, -0.1) is 0 Å². The number of hydrogen-bond acceptors (Lipinski definition) is 5. The van der Waals surface area contributed by atoms with Crippen molar-refractivity contribution in [2.75, 3.05) is 20.2 Å². The molecule has 0 aliphatic carbocycles. The minimum atomic E-state index is -0.854. The average Bonchev–Trinajstić information content (AvgIpc) is 2.92. The third kappa shape index (κ3) is 5.80. The normalized spacial score (nSPS) is 15.6. The summed E-state index contributed by atoms with van der Waals surface area (Å²) in [6.45, 7) is 7.42. The van der Waals surface area contributed by atoms with E-state index in [4.69, 9.17) is 9.47 Å². The lowest BCUT2D eigenvalue weighted by molar-refractivity contribution is -0.141. The third-order valence-electron chi connectivity index (χ3n) is 7.27. The smallest absolute Gasteiger partial charge is 0.306 e. The maximum atomic E-state index is 16.3. The summed E-state index contributed by atoms with van der Waals surface area (Å²) in [6.07, 6.45) is 2.25. The molecule has 1 N–H and O–H groups in total. The molecular weight excluding hydrogens is 490 g/mol. The first kappa shape index (κ1) is 27.5. The van der Waals surface area contributed by atoms with E-state index in [9.17, 15) is 14.3 Å². The molecule has 0 amide bonds. The fraction of sp³-hybridized carbons (Fsp3) is 0.400. The van der Waals surface area contributed by atoms with E-state index in [-0.39, 0.29) is 11.4 Å². The van der Waals surface area contributed by atoms with Gasteiger partial charge in [0.15, 0.2) is 0 Å². The van der Waals surface area contributed by atoms with Crippen LogP contribution in [-0.2, 0) is 24.2 Å². The molecule has 0 saturated heterocycles. The summed E-state index contributed by atoms with van der Waals surface area (Å²) in [4.78, 5) is 17.3. The van der Waals surface area contributed by atoms with Crippen LogP contribution in [0.4, 0.5) is 8.78 Å². The number of aryl methyl sites for hydroxylation is 1. The van der Waals surface area contributed by atoms with Crippen LogP contribution in [0.5, 0.6) is 11.6 Å². The molecule has 0 spiro atoms. The van der Waals surface area contributed by atoms with Crippen molar-refractivity contribution < 1.29 is 28.2 Å². The Morgan fingerprint density at radius 2 is 1.95 bits per heavy atom. The van der Waals surface area contributed by atoms with Crippen molar-refractivity contribution in [3.05, 3.63) is 76.5 Å². The zero-order chi connectivity index (χ0) is 27.4. The van der Waals surface area contributed by atoms with Crippen LogP contribution in [0, 0.1) is 17.6 Å². The second kappa shape index (κ2) is 11.9. The van der Waals surface area contributed by atoms with Crippen molar-refractivity contribution in [1.82, 2.24) is 9.88 Å². The zero-order valence-electron chi connectivity index (χ0n) is 22.3. The molecule has 8 heteroatoms. The standard InChI is InChI=1S/C30H34F2N2O4/c1-5-34(6-2)17-24-21(23-15-28(37-4)33-16-25(23)31)10-11-22(29(24)32)26-12-9-20-8-7-19(14-27(20)38-26)13-18(3)30(35)36/h7-8,10-11,14-16,18,26H,5-6,9,12-13,17H2,1-4H3,(H,35,36). The molecule has 2 heterocycles. The van der Waals surface area contributed by atoms with Gasteiger partial charge in [-0.1, -0.05) is 45.0 Å². The van der Waals surface area contributed by atoms with Gasteiger partial charge < -0.3 is 14.6 Å². The summed E-state index contributed by atoms with van der Waals surface area (Å²) in [7, 11) is 1.45. The average molecular weight is 525 g/mol. The Bertz CT molecular complexity index is 1310. The summed E-state index contributed by atoms with van der Waals surface area (Å²) in [5.41, 5.74) is 3.39. The van der Waals surface area contributed by atoms with E-state index in [1.165, 1.54) is 13.2 Å². The van der Waals surface area contributed by atoms with Gasteiger partial charge in [0.1, 0.15) is 23.5 Å². The number of benzene rings is 2. The Morgan fingerprint density at radius 3 is 2.63 bits per heavy atom. The van der Waals surface area contributed by atoms with Crippen LogP contribution in [0.3, 0.4) is 0 Å². The number of carbonyl (C=O) groups is 1. The summed E-state index contributed by atoms with van der Waals surface area (Å²) in [5, 5.41) is 9.27. The predicted molar refractivity (Wildman–Crippen MR) is 141 cm³/mol. The molecule has 2 atom stereocenters. The molecule has 1 aromatic heterocycles. The van der Waals surface area contributed by atoms with Crippen molar-refractivity contribution in [1.29, 1.82) is 0 Å². The second-order valence-electron chi connectivity index (χ2n) is 9.69. The molecule has 0 saturated carbocycles. The number of aliphatic carboxylic acids is 1. The third-order valence-corrected chi connectivity index (χ3v) is 7.27. The first-order chi connectivity index (χ1) is 18.2. The van der Waals surface area contributed by atoms with E-state index in [0.29, 0.717) is 61.3 Å². The molecule has 202 valence electrons. The summed E-state index contributed by atoms with van der Waals surface area (Å²) in [5.74, 6) is -1.44. The fourth-order valence-corrected chi connectivity index (χ4v) is 4.90. The van der Waals surface area contributed by atoms with Gasteiger partial charge in [0, 0.05) is 29.3 Å². The quantitative estimate of drug-likeness (QED) is 0.340. The van der Waals surface area contributed by atoms with E-state index in [0.717, 1.165) is 17.3 Å². The number of aromatic nitrogens is 1. The number of carboxylic acids is 1. The van der Waals surface area contributed by atoms with Crippen molar-refractivity contribution >= 4 is 5.97 Å². The number of carboxylic acid groups (broad SMARTS) is 1. The Labute approximate surface area is 222 Å². The van der Waals surface area contributed by atoms with Crippen LogP contribution in [0.2, 0.25) is 0 Å². The highest BCUT2D eigenvalue weighted by atomic mass is 19.1. The molecule has 4 rings (SSSR count). The lowest BCUT2D eigenvalue weighted by Crippen LogP contribution is -2.24. The van der Waals surface area contributed by atoms with Gasteiger partial charge in [-0.2, -0.15) is 0 Å². The topological polar surface area (TPSA) is 71.9 Å². The van der Waals surface area contributed by atoms with E-state index >= 15 is 4.39 Å². The second-order valence-corrected chi connectivity index (χ2v) is 9.69. The zero-order valence-corrected chi connectivity index (χ0v) is 22.3. The van der Waals surface area contributed by atoms with E-state index in [1.807, 2.05) is 32.0 Å². The van der Waals surface area contributed by atoms with Gasteiger partial charge in [-0.25, -0.2) is 13.8 Å². The molecule has 2 aromatic carbocycles. The molecule has 2 unspecified atom stereocenters. The van der Waals surface area contributed by atoms with Crippen molar-refractivity contribution in [2.24, 2.45) is 5.92 Å². The van der Waals surface area contributed by atoms with Gasteiger partial charge >= 0.3 is 5.97 Å². The van der Waals surface area contributed by atoms with Crippen molar-refractivity contribution in [3.8, 4) is 22.8 Å². The van der Waals surface area contributed by atoms with Gasteiger partial charge in [0.25, 0.3) is 0 Å². The van der Waals surface area contributed by atoms with E-state index in [1.54, 1.807) is 19.1 Å². The Morgan fingerprint density at radius 1 is 1.18 bits per heavy atom. The Kier molecular flexibility index (Phi) is 8.62. The van der Waals surface area contributed by atoms with Crippen LogP contribution in [-0.4, -0.2) is 41.2 Å². The lowest BCUT2D eigenvalue weighted by atomic mass is 9.91. The molecular formula is C30H34F2N2O4. The van der Waals surface area contributed by atoms with Crippen LogP contribution in [0.25, 0.3) is 11.1 Å². The first-order valence-electron chi connectivity index (χ1n) is 13.0. The SMILES string of the molecule is CCN(CC)Cc1c(-c2cc(OC)ncc2F)ccc(C2CCc3ccc(CC(C)C(=O)O)cc3O2)c1F. The lowest BCUT2D eigenvalue weighted by Gasteiger charge is -2.29. The minimum absolute atomic E-state index is 0.233. The maximum absolute atomic E-state index is 16.3. The molecule has 6 nitrogen and oxygen atoms in total. The number of methoxy groups -OCH3 is 1. The number of nitrogens with zero attached hydrogens (tertiary/aromatic N) is 2. The molecule has 0 radical (unpaired) electrons. The van der Waals surface area contributed by atoms with Crippen LogP contribution in [0.15, 0.2) is 42.6 Å². The van der Waals surface area contributed by atoms with Crippen LogP contribution in [0.1, 0.15) is 55.5 Å². The highest BCUT2D eigenvalue weighted by Crippen LogP contribution is 2.40. The van der Waals surface area contributed by atoms with Crippen molar-refractivity contribution in [2.45, 2.75) is 52.7 Å². The molecule has 3 aromatic rings. The van der Waals surface area contributed by atoms with Gasteiger partial charge in [-0.3, -0.25) is 9.69 Å². The number of fused-ring (bicyclic) bond motifs is 1. The van der Waals surface area contributed by atoms with Crippen molar-refractivity contribution in [3.63, 3.8) is 0 Å². The monoisotopic (exact) mass is 524 g/mol. The van der Waals surface area contributed by atoms with E-state index < -0.39 is 29.6 Å². The highest BCUT2D eigenvalue weighted by molar-refractivity contribution is 5.70. The molecule has 1 aliphatic heterocycles. The number of halogens is 2. The number of rotatable bonds is 10. The highest BCUT2D eigenvalue weighted by Gasteiger charge is 2.28. The summed E-state index contributed by atoms with van der Waals surface area (Å²) >= 11 is 0. The molecule has 1 aliphatic rings. The molecule has 38 heavy (non-hydrogen) atoms. The van der Waals surface area contributed by atoms with Crippen LogP contribution >= 0.6 is 0 Å². The number of hydrogen-bond donors (Lipinski definition) is 1. The fourth-order valence-electron chi connectivity index (χ4n) is 4.90. The molecule has 0 fully saturated rings. The summed E-state index contributed by atoms with van der Waals surface area (Å²) in [6, 6.07) is 10.7. The molecule has 0 bridgehead atoms. The number of pyridine rings is 1. The minimum Gasteiger partial charge on any atom is -0.485 e. The largest absolute Gasteiger partial charge is 0.485 e. The number of ether oxygens (including phenoxy) is 2. The Hall–Kier alpha value is -3.52.